The van der Waals surface area contributed by atoms with Gasteiger partial charge in [-0.15, -0.1) is 0 Å². The summed E-state index contributed by atoms with van der Waals surface area (Å²) in [6.45, 7) is 6.19. The molecule has 164 valence electrons. The molecule has 8 heteroatoms. The number of nitrogens with zero attached hydrogens (tertiary/aromatic N) is 2. The van der Waals surface area contributed by atoms with Crippen molar-refractivity contribution in [1.82, 2.24) is 9.88 Å². The maximum Gasteiger partial charge on any atom is 0.264 e. The van der Waals surface area contributed by atoms with Gasteiger partial charge in [-0.2, -0.15) is 0 Å². The fourth-order valence-corrected chi connectivity index (χ4v) is 4.65. The average molecular weight is 450 g/mol. The molecule has 0 aliphatic carbocycles. The maximum absolute atomic E-state index is 13.1. The summed E-state index contributed by atoms with van der Waals surface area (Å²) in [5.74, 6) is -1.01. The van der Waals surface area contributed by atoms with Crippen LogP contribution in [0.25, 0.3) is 0 Å². The Hall–Kier alpha value is -3.52. The van der Waals surface area contributed by atoms with Crippen LogP contribution in [0.3, 0.4) is 0 Å². The summed E-state index contributed by atoms with van der Waals surface area (Å²) in [4.78, 5) is 31.1. The first kappa shape index (κ1) is 21.7. The lowest BCUT2D eigenvalue weighted by Crippen LogP contribution is -2.29. The number of hydrogen-bond donors (Lipinski definition) is 1. The van der Waals surface area contributed by atoms with E-state index in [0.29, 0.717) is 5.56 Å². The molecule has 0 fully saturated rings. The highest BCUT2D eigenvalue weighted by atomic mass is 32.2. The molecule has 4 rings (SSSR count). The number of anilines is 1. The van der Waals surface area contributed by atoms with Gasteiger partial charge in [-0.05, 0) is 46.9 Å². The van der Waals surface area contributed by atoms with Crippen LogP contribution in [0.15, 0.2) is 71.9 Å². The normalized spacial score (nSPS) is 13.9. The van der Waals surface area contributed by atoms with Crippen LogP contribution < -0.4 is 4.72 Å². The minimum Gasteiger partial charge on any atom is -0.279 e. The van der Waals surface area contributed by atoms with E-state index in [1.807, 2.05) is 20.8 Å². The fraction of sp³-hybridized carbons (Fsp3) is 0.208. The van der Waals surface area contributed by atoms with E-state index in [-0.39, 0.29) is 33.7 Å². The van der Waals surface area contributed by atoms with Crippen LogP contribution in [-0.2, 0) is 22.0 Å². The van der Waals surface area contributed by atoms with E-state index in [1.54, 1.807) is 42.7 Å². The van der Waals surface area contributed by atoms with E-state index < -0.39 is 21.8 Å². The molecule has 0 saturated heterocycles. The Labute approximate surface area is 187 Å². The molecule has 1 N–H and O–H groups in total. The van der Waals surface area contributed by atoms with Crippen LogP contribution in [0.1, 0.15) is 52.6 Å². The predicted molar refractivity (Wildman–Crippen MR) is 121 cm³/mol. The van der Waals surface area contributed by atoms with Gasteiger partial charge < -0.3 is 0 Å². The Bertz CT molecular complexity index is 1300. The highest BCUT2D eigenvalue weighted by molar-refractivity contribution is 7.92. The van der Waals surface area contributed by atoms with Crippen LogP contribution in [-0.4, -0.2) is 30.1 Å². The lowest BCUT2D eigenvalue weighted by molar-refractivity contribution is 0.0642. The largest absolute Gasteiger partial charge is 0.279 e. The first-order valence-electron chi connectivity index (χ1n) is 10.1. The first-order chi connectivity index (χ1) is 15.1. The van der Waals surface area contributed by atoms with Gasteiger partial charge in [0, 0.05) is 12.4 Å². The number of fused-ring (bicyclic) bond motifs is 1. The Morgan fingerprint density at radius 1 is 0.938 bits per heavy atom. The standard InChI is InChI=1S/C24H23N3O4S/c1-24(2,3)17-9-11-18(12-10-17)32(30,31)26-20-8-4-7-19-21(20)23(29)27(22(19)28)15-16-6-5-13-25-14-16/h4-14,26H,15H2,1-3H3. The van der Waals surface area contributed by atoms with Gasteiger partial charge in [-0.25, -0.2) is 8.42 Å². The van der Waals surface area contributed by atoms with Crippen LogP contribution in [0.4, 0.5) is 5.69 Å². The molecule has 0 spiro atoms. The zero-order valence-electron chi connectivity index (χ0n) is 18.0. The van der Waals surface area contributed by atoms with E-state index in [0.717, 1.165) is 10.5 Å². The zero-order valence-corrected chi connectivity index (χ0v) is 18.8. The summed E-state index contributed by atoms with van der Waals surface area (Å²) >= 11 is 0. The SMILES string of the molecule is CC(C)(C)c1ccc(S(=O)(=O)Nc2cccc3c2C(=O)N(Cc2cccnc2)C3=O)cc1. The lowest BCUT2D eigenvalue weighted by atomic mass is 9.87. The van der Waals surface area contributed by atoms with E-state index in [1.165, 1.54) is 24.3 Å². The number of benzene rings is 2. The topological polar surface area (TPSA) is 96.4 Å². The van der Waals surface area contributed by atoms with Crippen molar-refractivity contribution in [3.05, 3.63) is 89.2 Å². The van der Waals surface area contributed by atoms with Gasteiger partial charge in [0.1, 0.15) is 0 Å². The van der Waals surface area contributed by atoms with Gasteiger partial charge in [0.2, 0.25) is 0 Å². The van der Waals surface area contributed by atoms with Crippen molar-refractivity contribution >= 4 is 27.5 Å². The minimum absolute atomic E-state index is 0.0521. The van der Waals surface area contributed by atoms with Gasteiger partial charge >= 0.3 is 0 Å². The second kappa shape index (κ2) is 7.87. The first-order valence-corrected chi connectivity index (χ1v) is 11.6. The summed E-state index contributed by atoms with van der Waals surface area (Å²) in [5, 5.41) is 0. The molecule has 0 radical (unpaired) electrons. The number of carbonyl (C=O) groups is 2. The van der Waals surface area contributed by atoms with Gasteiger partial charge in [0.15, 0.2) is 0 Å². The van der Waals surface area contributed by atoms with E-state index in [4.69, 9.17) is 0 Å². The summed E-state index contributed by atoms with van der Waals surface area (Å²) in [6, 6.07) is 14.7. The molecule has 0 saturated carbocycles. The number of imide groups is 1. The molecule has 0 unspecified atom stereocenters. The number of amides is 2. The Balaban J connectivity index is 1.64. The highest BCUT2D eigenvalue weighted by Gasteiger charge is 2.38. The van der Waals surface area contributed by atoms with Crippen LogP contribution in [0.5, 0.6) is 0 Å². The summed E-state index contributed by atoms with van der Waals surface area (Å²) in [6.07, 6.45) is 3.18. The van der Waals surface area contributed by atoms with Crippen molar-refractivity contribution in [1.29, 1.82) is 0 Å². The number of hydrogen-bond acceptors (Lipinski definition) is 5. The summed E-state index contributed by atoms with van der Waals surface area (Å²) in [5.41, 5.74) is 1.89. The van der Waals surface area contributed by atoms with Crippen molar-refractivity contribution in [2.45, 2.75) is 37.6 Å². The number of aromatic nitrogens is 1. The van der Waals surface area contributed by atoms with Gasteiger partial charge in [0.25, 0.3) is 21.8 Å². The molecule has 1 aliphatic rings. The van der Waals surface area contributed by atoms with Crippen molar-refractivity contribution in [3.63, 3.8) is 0 Å². The molecule has 0 bridgehead atoms. The van der Waals surface area contributed by atoms with Crippen LogP contribution in [0, 0.1) is 0 Å². The smallest absolute Gasteiger partial charge is 0.264 e. The number of pyridine rings is 1. The van der Waals surface area contributed by atoms with Crippen LogP contribution in [0.2, 0.25) is 0 Å². The number of rotatable bonds is 5. The molecule has 2 amide bonds. The second-order valence-corrected chi connectivity index (χ2v) is 10.3. The van der Waals surface area contributed by atoms with Gasteiger partial charge in [0.05, 0.1) is 28.3 Å². The third-order valence-corrected chi connectivity index (χ3v) is 6.72. The second-order valence-electron chi connectivity index (χ2n) is 8.67. The molecule has 3 aromatic rings. The van der Waals surface area contributed by atoms with E-state index >= 15 is 0 Å². The third-order valence-electron chi connectivity index (χ3n) is 5.34. The minimum atomic E-state index is -3.96. The Morgan fingerprint density at radius 3 is 2.28 bits per heavy atom. The third kappa shape index (κ3) is 4.01. The fourth-order valence-electron chi connectivity index (χ4n) is 3.57. The Kier molecular flexibility index (Phi) is 5.34. The Morgan fingerprint density at radius 2 is 1.66 bits per heavy atom. The van der Waals surface area contributed by atoms with Crippen molar-refractivity contribution in [2.75, 3.05) is 4.72 Å². The molecular weight excluding hydrogens is 426 g/mol. The average Bonchev–Trinajstić information content (AvgIpc) is 2.99. The van der Waals surface area contributed by atoms with Crippen molar-refractivity contribution in [3.8, 4) is 0 Å². The summed E-state index contributed by atoms with van der Waals surface area (Å²) < 4.78 is 28.5. The monoisotopic (exact) mass is 449 g/mol. The van der Waals surface area contributed by atoms with Crippen molar-refractivity contribution in [2.24, 2.45) is 0 Å². The molecule has 1 aliphatic heterocycles. The quantitative estimate of drug-likeness (QED) is 0.595. The molecule has 2 heterocycles. The molecule has 32 heavy (non-hydrogen) atoms. The predicted octanol–water partition coefficient (Wildman–Crippen LogP) is 3.98. The zero-order chi connectivity index (χ0) is 23.1. The van der Waals surface area contributed by atoms with Crippen LogP contribution >= 0.6 is 0 Å². The summed E-state index contributed by atoms with van der Waals surface area (Å²) in [7, 11) is -3.96. The van der Waals surface area contributed by atoms with E-state index in [2.05, 4.69) is 9.71 Å². The van der Waals surface area contributed by atoms with Crippen molar-refractivity contribution < 1.29 is 18.0 Å². The van der Waals surface area contributed by atoms with E-state index in [9.17, 15) is 18.0 Å². The molecule has 2 aromatic carbocycles. The lowest BCUT2D eigenvalue weighted by Gasteiger charge is -2.19. The number of nitrogens with one attached hydrogen (secondary N) is 1. The number of carbonyl (C=O) groups excluding carboxylic acids is 2. The molecule has 7 nitrogen and oxygen atoms in total. The molecular formula is C24H23N3O4S. The van der Waals surface area contributed by atoms with Gasteiger partial charge in [-0.1, -0.05) is 45.0 Å². The highest BCUT2D eigenvalue weighted by Crippen LogP contribution is 2.32. The molecule has 1 aromatic heterocycles. The molecule has 0 atom stereocenters. The maximum atomic E-state index is 13.1. The number of sulfonamides is 1. The van der Waals surface area contributed by atoms with Gasteiger partial charge in [-0.3, -0.25) is 24.2 Å².